The zero-order valence-corrected chi connectivity index (χ0v) is 15.0. The fourth-order valence-corrected chi connectivity index (χ4v) is 3.52. The summed E-state index contributed by atoms with van der Waals surface area (Å²) in [6, 6.07) is 5.47. The summed E-state index contributed by atoms with van der Waals surface area (Å²) >= 11 is 7.65. The van der Waals surface area contributed by atoms with Crippen LogP contribution in [0.2, 0.25) is 5.02 Å². The van der Waals surface area contributed by atoms with Gasteiger partial charge in [0.25, 0.3) is 5.91 Å². The number of aryl methyl sites for hydroxylation is 2. The molecule has 5 nitrogen and oxygen atoms in total. The highest BCUT2D eigenvalue weighted by Gasteiger charge is 2.15. The molecule has 0 aliphatic carbocycles. The van der Waals surface area contributed by atoms with Crippen molar-refractivity contribution in [1.82, 2.24) is 14.5 Å². The Kier molecular flexibility index (Phi) is 4.97. The highest BCUT2D eigenvalue weighted by molar-refractivity contribution is 7.15. The molecule has 1 N–H and O–H groups in total. The summed E-state index contributed by atoms with van der Waals surface area (Å²) in [5.74, 6) is -0.179. The van der Waals surface area contributed by atoms with E-state index in [0.29, 0.717) is 22.4 Å². The molecular formula is C17H17ClN4OS. The molecule has 1 amide bonds. The number of carbonyl (C=O) groups is 1. The first-order valence-electron chi connectivity index (χ1n) is 7.59. The molecule has 0 radical (unpaired) electrons. The molecule has 3 aromatic rings. The van der Waals surface area contributed by atoms with Crippen molar-refractivity contribution in [3.8, 4) is 0 Å². The van der Waals surface area contributed by atoms with Gasteiger partial charge in [-0.15, -0.1) is 11.3 Å². The van der Waals surface area contributed by atoms with Crippen LogP contribution in [-0.4, -0.2) is 20.4 Å². The molecular weight excluding hydrogens is 344 g/mol. The minimum absolute atomic E-state index is 0.179. The van der Waals surface area contributed by atoms with E-state index in [4.69, 9.17) is 11.6 Å². The van der Waals surface area contributed by atoms with Crippen molar-refractivity contribution in [1.29, 1.82) is 0 Å². The highest BCUT2D eigenvalue weighted by atomic mass is 35.5. The zero-order valence-electron chi connectivity index (χ0n) is 13.4. The van der Waals surface area contributed by atoms with E-state index < -0.39 is 0 Å². The first-order valence-corrected chi connectivity index (χ1v) is 8.79. The van der Waals surface area contributed by atoms with E-state index in [0.717, 1.165) is 22.6 Å². The van der Waals surface area contributed by atoms with E-state index in [1.54, 1.807) is 18.5 Å². The summed E-state index contributed by atoms with van der Waals surface area (Å²) in [6.07, 6.45) is 6.01. The maximum absolute atomic E-state index is 12.6. The molecule has 0 aliphatic rings. The van der Waals surface area contributed by atoms with Crippen molar-refractivity contribution >= 4 is 34.0 Å². The van der Waals surface area contributed by atoms with Gasteiger partial charge in [-0.05, 0) is 37.1 Å². The number of hydrogen-bond acceptors (Lipinski definition) is 4. The zero-order chi connectivity index (χ0) is 17.1. The predicted octanol–water partition coefficient (Wildman–Crippen LogP) is 4.16. The minimum atomic E-state index is -0.179. The fourth-order valence-electron chi connectivity index (χ4n) is 2.44. The summed E-state index contributed by atoms with van der Waals surface area (Å²) < 4.78 is 1.86. The van der Waals surface area contributed by atoms with Crippen LogP contribution < -0.4 is 5.32 Å². The molecule has 0 unspecified atom stereocenters. The Balaban J connectivity index is 1.79. The van der Waals surface area contributed by atoms with Crippen LogP contribution in [0.4, 0.5) is 5.13 Å². The number of pyridine rings is 1. The lowest BCUT2D eigenvalue weighted by Crippen LogP contribution is -2.17. The third-order valence-corrected chi connectivity index (χ3v) is 4.98. The van der Waals surface area contributed by atoms with Gasteiger partial charge in [0.2, 0.25) is 0 Å². The Bertz CT molecular complexity index is 871. The number of aromatic nitrogens is 3. The third-order valence-electron chi connectivity index (χ3n) is 3.71. The van der Waals surface area contributed by atoms with Crippen molar-refractivity contribution in [2.45, 2.75) is 26.8 Å². The number of halogens is 1. The highest BCUT2D eigenvalue weighted by Crippen LogP contribution is 2.23. The number of rotatable bonds is 5. The number of nitrogens with zero attached hydrogens (tertiary/aromatic N) is 3. The number of carbonyl (C=O) groups excluding carboxylic acids is 1. The van der Waals surface area contributed by atoms with E-state index in [9.17, 15) is 4.79 Å². The van der Waals surface area contributed by atoms with Gasteiger partial charge in [0, 0.05) is 30.0 Å². The van der Waals surface area contributed by atoms with Gasteiger partial charge in [0.15, 0.2) is 5.13 Å². The maximum atomic E-state index is 12.6. The number of thiazole rings is 1. The number of anilines is 1. The van der Waals surface area contributed by atoms with E-state index in [1.165, 1.54) is 11.3 Å². The quantitative estimate of drug-likeness (QED) is 0.743. The number of hydrogen-bond donors (Lipinski definition) is 1. The summed E-state index contributed by atoms with van der Waals surface area (Å²) in [5, 5.41) is 4.10. The smallest absolute Gasteiger partial charge is 0.274 e. The molecule has 0 bridgehead atoms. The SMILES string of the molecule is CCc1nc(NC(=O)c2cccn2Cc2ccncc2Cl)sc1C. The van der Waals surface area contributed by atoms with Crippen LogP contribution in [0.5, 0.6) is 0 Å². The molecule has 124 valence electrons. The van der Waals surface area contributed by atoms with Crippen molar-refractivity contribution in [2.24, 2.45) is 0 Å². The van der Waals surface area contributed by atoms with E-state index >= 15 is 0 Å². The lowest BCUT2D eigenvalue weighted by molar-refractivity contribution is 0.101. The van der Waals surface area contributed by atoms with Gasteiger partial charge in [0.1, 0.15) is 5.69 Å². The van der Waals surface area contributed by atoms with E-state index in [2.05, 4.69) is 22.2 Å². The van der Waals surface area contributed by atoms with Gasteiger partial charge >= 0.3 is 0 Å². The van der Waals surface area contributed by atoms with Gasteiger partial charge in [-0.1, -0.05) is 18.5 Å². The molecule has 7 heteroatoms. The standard InChI is InChI=1S/C17H17ClN4OS/c1-3-14-11(2)24-17(20-14)21-16(23)15-5-4-8-22(15)10-12-6-7-19-9-13(12)18/h4-9H,3,10H2,1-2H3,(H,20,21,23). The number of amides is 1. The Morgan fingerprint density at radius 1 is 1.42 bits per heavy atom. The Morgan fingerprint density at radius 2 is 2.25 bits per heavy atom. The molecule has 3 heterocycles. The van der Waals surface area contributed by atoms with Crippen LogP contribution in [-0.2, 0) is 13.0 Å². The van der Waals surface area contributed by atoms with Crippen LogP contribution in [0.3, 0.4) is 0 Å². The largest absolute Gasteiger partial charge is 0.339 e. The van der Waals surface area contributed by atoms with Crippen molar-refractivity contribution < 1.29 is 4.79 Å². The first-order chi connectivity index (χ1) is 11.6. The summed E-state index contributed by atoms with van der Waals surface area (Å²) in [7, 11) is 0. The van der Waals surface area contributed by atoms with Crippen molar-refractivity contribution in [3.63, 3.8) is 0 Å². The van der Waals surface area contributed by atoms with Crippen molar-refractivity contribution in [3.05, 3.63) is 63.6 Å². The van der Waals surface area contributed by atoms with Gasteiger partial charge in [-0.2, -0.15) is 0 Å². The second-order valence-corrected chi connectivity index (χ2v) is 6.93. The number of nitrogens with one attached hydrogen (secondary N) is 1. The maximum Gasteiger partial charge on any atom is 0.274 e. The van der Waals surface area contributed by atoms with Crippen LogP contribution >= 0.6 is 22.9 Å². The molecule has 0 atom stereocenters. The Labute approximate surface area is 149 Å². The summed E-state index contributed by atoms with van der Waals surface area (Å²) in [6.45, 7) is 4.58. The Hall–Kier alpha value is -2.18. The third kappa shape index (κ3) is 3.49. The molecule has 3 aromatic heterocycles. The second-order valence-electron chi connectivity index (χ2n) is 5.32. The Morgan fingerprint density at radius 3 is 2.96 bits per heavy atom. The molecule has 0 spiro atoms. The average molecular weight is 361 g/mol. The van der Waals surface area contributed by atoms with Gasteiger partial charge in [-0.3, -0.25) is 15.1 Å². The van der Waals surface area contributed by atoms with Crippen LogP contribution in [0.25, 0.3) is 0 Å². The van der Waals surface area contributed by atoms with Gasteiger partial charge in [-0.25, -0.2) is 4.98 Å². The first kappa shape index (κ1) is 16.7. The molecule has 0 aliphatic heterocycles. The topological polar surface area (TPSA) is 59.8 Å². The van der Waals surface area contributed by atoms with E-state index in [-0.39, 0.29) is 5.91 Å². The van der Waals surface area contributed by atoms with Crippen LogP contribution in [0.1, 0.15) is 33.5 Å². The molecule has 24 heavy (non-hydrogen) atoms. The second kappa shape index (κ2) is 7.15. The van der Waals surface area contributed by atoms with Gasteiger partial charge in [0.05, 0.1) is 10.7 Å². The summed E-state index contributed by atoms with van der Waals surface area (Å²) in [4.78, 5) is 22.1. The molecule has 0 fully saturated rings. The molecule has 0 saturated carbocycles. The average Bonchev–Trinajstić information content (AvgIpc) is 3.16. The monoisotopic (exact) mass is 360 g/mol. The molecule has 0 saturated heterocycles. The van der Waals surface area contributed by atoms with Gasteiger partial charge < -0.3 is 4.57 Å². The fraction of sp³-hybridized carbons (Fsp3) is 0.235. The predicted molar refractivity (Wildman–Crippen MR) is 97.0 cm³/mol. The molecule has 0 aromatic carbocycles. The van der Waals surface area contributed by atoms with Crippen LogP contribution in [0.15, 0.2) is 36.8 Å². The normalized spacial score (nSPS) is 10.8. The molecule has 3 rings (SSSR count). The lowest BCUT2D eigenvalue weighted by atomic mass is 10.2. The minimum Gasteiger partial charge on any atom is -0.339 e. The lowest BCUT2D eigenvalue weighted by Gasteiger charge is -2.10. The van der Waals surface area contributed by atoms with Crippen molar-refractivity contribution in [2.75, 3.05) is 5.32 Å². The van der Waals surface area contributed by atoms with Crippen LogP contribution in [0, 0.1) is 6.92 Å². The van der Waals surface area contributed by atoms with E-state index in [1.807, 2.05) is 29.8 Å². The summed E-state index contributed by atoms with van der Waals surface area (Å²) in [5.41, 5.74) is 2.50.